The zero-order chi connectivity index (χ0) is 14.9. The van der Waals surface area contributed by atoms with E-state index in [4.69, 9.17) is 11.6 Å². The van der Waals surface area contributed by atoms with E-state index in [9.17, 15) is 13.2 Å². The topological polar surface area (TPSA) is 51.2 Å². The summed E-state index contributed by atoms with van der Waals surface area (Å²) in [5, 5.41) is -1.13. The van der Waals surface area contributed by atoms with Gasteiger partial charge in [-0.2, -0.15) is 0 Å². The van der Waals surface area contributed by atoms with Crippen molar-refractivity contribution in [2.75, 3.05) is 0 Å². The molecule has 1 aromatic heterocycles. The standard InChI is InChI=1S/C14H13ClO3S2/c1-9-3-5-11(6-4-9)20(17,18)10(2)14(16)12-7-8-13(15)19-12/h3-8,10H,1-2H3. The molecule has 1 atom stereocenters. The van der Waals surface area contributed by atoms with Gasteiger partial charge < -0.3 is 0 Å². The number of aryl methyl sites for hydroxylation is 1. The van der Waals surface area contributed by atoms with E-state index < -0.39 is 20.9 Å². The summed E-state index contributed by atoms with van der Waals surface area (Å²) in [6.07, 6.45) is 0. The van der Waals surface area contributed by atoms with Crippen molar-refractivity contribution in [3.8, 4) is 0 Å². The maximum atomic E-state index is 12.4. The summed E-state index contributed by atoms with van der Waals surface area (Å²) in [6, 6.07) is 9.62. The van der Waals surface area contributed by atoms with E-state index in [0.717, 1.165) is 16.9 Å². The third kappa shape index (κ3) is 2.95. The van der Waals surface area contributed by atoms with E-state index in [1.54, 1.807) is 24.3 Å². The van der Waals surface area contributed by atoms with Gasteiger partial charge in [0.25, 0.3) is 0 Å². The molecule has 0 aliphatic carbocycles. The number of carbonyl (C=O) groups is 1. The maximum absolute atomic E-state index is 12.4. The molecule has 0 bridgehead atoms. The van der Waals surface area contributed by atoms with Crippen LogP contribution in [0.4, 0.5) is 0 Å². The SMILES string of the molecule is Cc1ccc(S(=O)(=O)C(C)C(=O)c2ccc(Cl)s2)cc1. The van der Waals surface area contributed by atoms with Gasteiger partial charge in [-0.15, -0.1) is 11.3 Å². The number of sulfone groups is 1. The molecular weight excluding hydrogens is 316 g/mol. The molecule has 0 fully saturated rings. The van der Waals surface area contributed by atoms with Gasteiger partial charge in [0.1, 0.15) is 5.25 Å². The molecule has 1 heterocycles. The lowest BCUT2D eigenvalue weighted by atomic mass is 10.2. The quantitative estimate of drug-likeness (QED) is 0.803. The number of thiophene rings is 1. The Balaban J connectivity index is 2.34. The fourth-order valence-electron chi connectivity index (χ4n) is 1.72. The van der Waals surface area contributed by atoms with E-state index in [1.807, 2.05) is 6.92 Å². The zero-order valence-electron chi connectivity index (χ0n) is 11.0. The highest BCUT2D eigenvalue weighted by Gasteiger charge is 2.31. The van der Waals surface area contributed by atoms with Gasteiger partial charge >= 0.3 is 0 Å². The molecule has 3 nitrogen and oxygen atoms in total. The van der Waals surface area contributed by atoms with Gasteiger partial charge in [-0.3, -0.25) is 4.79 Å². The molecule has 0 N–H and O–H groups in total. The molecule has 2 rings (SSSR count). The number of ketones is 1. The van der Waals surface area contributed by atoms with Crippen molar-refractivity contribution in [3.63, 3.8) is 0 Å². The summed E-state index contributed by atoms with van der Waals surface area (Å²) in [5.41, 5.74) is 0.966. The van der Waals surface area contributed by atoms with Crippen LogP contribution in [-0.2, 0) is 9.84 Å². The third-order valence-electron chi connectivity index (χ3n) is 3.00. The lowest BCUT2D eigenvalue weighted by molar-refractivity contribution is 0.0995. The van der Waals surface area contributed by atoms with Crippen molar-refractivity contribution in [2.45, 2.75) is 24.0 Å². The Morgan fingerprint density at radius 1 is 1.15 bits per heavy atom. The molecule has 20 heavy (non-hydrogen) atoms. The molecule has 2 aromatic rings. The molecule has 6 heteroatoms. The molecule has 0 saturated carbocycles. The molecule has 0 aliphatic heterocycles. The Kier molecular flexibility index (Phi) is 4.32. The van der Waals surface area contributed by atoms with Crippen LogP contribution < -0.4 is 0 Å². The van der Waals surface area contributed by atoms with Crippen LogP contribution in [0.15, 0.2) is 41.3 Å². The fourth-order valence-corrected chi connectivity index (χ4v) is 4.20. The van der Waals surface area contributed by atoms with E-state index in [1.165, 1.54) is 19.1 Å². The Morgan fingerprint density at radius 3 is 2.25 bits per heavy atom. The van der Waals surface area contributed by atoms with E-state index in [2.05, 4.69) is 0 Å². The lowest BCUT2D eigenvalue weighted by Crippen LogP contribution is -2.27. The number of hydrogen-bond donors (Lipinski definition) is 0. The average Bonchev–Trinajstić information content (AvgIpc) is 2.84. The first-order valence-electron chi connectivity index (χ1n) is 5.92. The number of halogens is 1. The van der Waals surface area contributed by atoms with E-state index in [0.29, 0.717) is 9.21 Å². The largest absolute Gasteiger partial charge is 0.292 e. The Bertz CT molecular complexity index is 730. The van der Waals surface area contributed by atoms with Crippen molar-refractivity contribution in [3.05, 3.63) is 51.2 Å². The molecule has 0 radical (unpaired) electrons. The number of hydrogen-bond acceptors (Lipinski definition) is 4. The minimum absolute atomic E-state index is 0.159. The number of rotatable bonds is 4. The van der Waals surface area contributed by atoms with Crippen LogP contribution in [0.25, 0.3) is 0 Å². The molecule has 1 unspecified atom stereocenters. The van der Waals surface area contributed by atoms with Crippen molar-refractivity contribution in [1.82, 2.24) is 0 Å². The Morgan fingerprint density at radius 2 is 1.75 bits per heavy atom. The van der Waals surface area contributed by atoms with Crippen LogP contribution >= 0.6 is 22.9 Å². The van der Waals surface area contributed by atoms with Gasteiger partial charge in [0.15, 0.2) is 15.6 Å². The summed E-state index contributed by atoms with van der Waals surface area (Å²) in [6.45, 7) is 3.28. The average molecular weight is 329 g/mol. The van der Waals surface area contributed by atoms with Crippen LogP contribution in [0.1, 0.15) is 22.2 Å². The zero-order valence-corrected chi connectivity index (χ0v) is 13.3. The van der Waals surface area contributed by atoms with Gasteiger partial charge in [0, 0.05) is 0 Å². The Hall–Kier alpha value is -1.17. The first-order chi connectivity index (χ1) is 9.32. The van der Waals surface area contributed by atoms with Crippen LogP contribution in [0.2, 0.25) is 4.34 Å². The fraction of sp³-hybridized carbons (Fsp3) is 0.214. The first-order valence-corrected chi connectivity index (χ1v) is 8.66. The first kappa shape index (κ1) is 15.2. The van der Waals surface area contributed by atoms with Crippen LogP contribution in [-0.4, -0.2) is 19.5 Å². The number of benzene rings is 1. The second-order valence-electron chi connectivity index (χ2n) is 4.47. The Labute approximate surface area is 127 Å². The van der Waals surface area contributed by atoms with Crippen molar-refractivity contribution < 1.29 is 13.2 Å². The molecule has 1 aromatic carbocycles. The third-order valence-corrected chi connectivity index (χ3v) is 6.32. The van der Waals surface area contributed by atoms with Crippen molar-refractivity contribution >= 4 is 38.6 Å². The summed E-state index contributed by atoms with van der Waals surface area (Å²) in [7, 11) is -3.68. The number of Topliss-reactive ketones (excluding diaryl/α,β-unsaturated/α-hetero) is 1. The minimum Gasteiger partial charge on any atom is -0.292 e. The highest BCUT2D eigenvalue weighted by molar-refractivity contribution is 7.92. The summed E-state index contributed by atoms with van der Waals surface area (Å²) in [4.78, 5) is 12.7. The number of carbonyl (C=O) groups excluding carboxylic acids is 1. The van der Waals surface area contributed by atoms with Crippen LogP contribution in [0, 0.1) is 6.92 Å². The van der Waals surface area contributed by atoms with Crippen LogP contribution in [0.3, 0.4) is 0 Å². The second-order valence-corrected chi connectivity index (χ2v) is 8.45. The second kappa shape index (κ2) is 5.68. The highest BCUT2D eigenvalue weighted by Crippen LogP contribution is 2.26. The highest BCUT2D eigenvalue weighted by atomic mass is 35.5. The van der Waals surface area contributed by atoms with Gasteiger partial charge in [-0.1, -0.05) is 29.3 Å². The van der Waals surface area contributed by atoms with Gasteiger partial charge in [-0.25, -0.2) is 8.42 Å². The van der Waals surface area contributed by atoms with Gasteiger partial charge in [-0.05, 0) is 38.1 Å². The molecule has 106 valence electrons. The molecule has 0 saturated heterocycles. The minimum atomic E-state index is -3.68. The van der Waals surface area contributed by atoms with Crippen LogP contribution in [0.5, 0.6) is 0 Å². The lowest BCUT2D eigenvalue weighted by Gasteiger charge is -2.11. The molecular formula is C14H13ClO3S2. The van der Waals surface area contributed by atoms with E-state index >= 15 is 0 Å². The molecule has 0 spiro atoms. The molecule has 0 amide bonds. The van der Waals surface area contributed by atoms with Gasteiger partial charge in [0.2, 0.25) is 0 Å². The predicted molar refractivity (Wildman–Crippen MR) is 81.5 cm³/mol. The van der Waals surface area contributed by atoms with Crippen molar-refractivity contribution in [2.24, 2.45) is 0 Å². The van der Waals surface area contributed by atoms with Gasteiger partial charge in [0.05, 0.1) is 14.1 Å². The van der Waals surface area contributed by atoms with E-state index in [-0.39, 0.29) is 4.90 Å². The van der Waals surface area contributed by atoms with Crippen molar-refractivity contribution in [1.29, 1.82) is 0 Å². The smallest absolute Gasteiger partial charge is 0.191 e. The normalized spacial score (nSPS) is 13.2. The predicted octanol–water partition coefficient (Wildman–Crippen LogP) is 3.76. The summed E-state index contributed by atoms with van der Waals surface area (Å²) in [5.74, 6) is -0.428. The summed E-state index contributed by atoms with van der Waals surface area (Å²) >= 11 is 6.86. The monoisotopic (exact) mass is 328 g/mol. The molecule has 0 aliphatic rings. The summed E-state index contributed by atoms with van der Waals surface area (Å²) < 4.78 is 25.3. The maximum Gasteiger partial charge on any atom is 0.191 e.